The van der Waals surface area contributed by atoms with E-state index in [-0.39, 0.29) is 5.92 Å². The topological polar surface area (TPSA) is 32.3 Å². The van der Waals surface area contributed by atoms with Crippen molar-refractivity contribution in [1.29, 1.82) is 0 Å². The maximum absolute atomic E-state index is 11.8. The van der Waals surface area contributed by atoms with Gasteiger partial charge in [0.05, 0.1) is 0 Å². The van der Waals surface area contributed by atoms with E-state index in [1.165, 1.54) is 64.5 Å². The first-order valence-electron chi connectivity index (χ1n) is 8.75. The summed E-state index contributed by atoms with van der Waals surface area (Å²) in [6.45, 7) is 8.60. The van der Waals surface area contributed by atoms with Crippen molar-refractivity contribution in [3.63, 3.8) is 0 Å². The minimum absolute atomic E-state index is 0.220. The summed E-state index contributed by atoms with van der Waals surface area (Å²) in [6, 6.07) is 0. The Morgan fingerprint density at radius 3 is 1.95 bits per heavy atom. The number of rotatable bonds is 2. The molecular weight excluding hydrogens is 248 g/mol. The van der Waals surface area contributed by atoms with Crippen LogP contribution in [0.15, 0.2) is 0 Å². The lowest BCUT2D eigenvalue weighted by atomic mass is 10.1. The van der Waals surface area contributed by atoms with E-state index >= 15 is 0 Å². The molecule has 0 aromatic heterocycles. The first-order valence-corrected chi connectivity index (χ1v) is 8.75. The van der Waals surface area contributed by atoms with Gasteiger partial charge in [-0.3, -0.25) is 4.79 Å². The van der Waals surface area contributed by atoms with E-state index in [4.69, 9.17) is 0 Å². The fourth-order valence-corrected chi connectivity index (χ4v) is 2.76. The Hall–Kier alpha value is -0.570. The summed E-state index contributed by atoms with van der Waals surface area (Å²) in [6.07, 6.45) is 11.6. The summed E-state index contributed by atoms with van der Waals surface area (Å²) in [5.41, 5.74) is 0. The quantitative estimate of drug-likeness (QED) is 0.839. The Balaban J connectivity index is 0.000000240. The maximum atomic E-state index is 11.8. The normalized spacial score (nSPS) is 22.0. The summed E-state index contributed by atoms with van der Waals surface area (Å²) < 4.78 is 0. The van der Waals surface area contributed by atoms with Gasteiger partial charge in [0.15, 0.2) is 0 Å². The van der Waals surface area contributed by atoms with Gasteiger partial charge in [-0.05, 0) is 45.2 Å². The summed E-state index contributed by atoms with van der Waals surface area (Å²) in [7, 11) is 0. The van der Waals surface area contributed by atoms with Crippen LogP contribution in [0.3, 0.4) is 0 Å². The van der Waals surface area contributed by atoms with E-state index in [2.05, 4.69) is 17.1 Å². The van der Waals surface area contributed by atoms with Gasteiger partial charge in [0.2, 0.25) is 5.91 Å². The standard InChI is InChI=1S/C11H21NO.C6H13N/c1-3-10(2)11(13)12-8-6-4-5-7-9-12;1-2-4-6-7-5-3-1/h10H,3-9H2,1-2H3;7H,1-6H2/t10-;/m1./s1. The first kappa shape index (κ1) is 17.5. The van der Waals surface area contributed by atoms with Crippen LogP contribution in [0.4, 0.5) is 0 Å². The Morgan fingerprint density at radius 1 is 0.950 bits per heavy atom. The Morgan fingerprint density at radius 2 is 1.45 bits per heavy atom. The van der Waals surface area contributed by atoms with Crippen molar-refractivity contribution in [2.45, 2.75) is 71.6 Å². The molecule has 2 fully saturated rings. The second kappa shape index (κ2) is 11.1. The monoisotopic (exact) mass is 282 g/mol. The van der Waals surface area contributed by atoms with E-state index in [0.29, 0.717) is 5.91 Å². The Bertz CT molecular complexity index is 228. The molecule has 0 saturated carbocycles. The van der Waals surface area contributed by atoms with Crippen LogP contribution in [-0.4, -0.2) is 37.0 Å². The largest absolute Gasteiger partial charge is 0.342 e. The van der Waals surface area contributed by atoms with Crippen molar-refractivity contribution in [2.24, 2.45) is 5.92 Å². The van der Waals surface area contributed by atoms with Crippen molar-refractivity contribution >= 4 is 5.91 Å². The zero-order valence-electron chi connectivity index (χ0n) is 13.6. The second-order valence-electron chi connectivity index (χ2n) is 6.21. The summed E-state index contributed by atoms with van der Waals surface area (Å²) in [5.74, 6) is 0.586. The third-order valence-electron chi connectivity index (χ3n) is 4.41. The number of hydrogen-bond donors (Lipinski definition) is 1. The fraction of sp³-hybridized carbons (Fsp3) is 0.941. The van der Waals surface area contributed by atoms with Crippen LogP contribution >= 0.6 is 0 Å². The van der Waals surface area contributed by atoms with Crippen molar-refractivity contribution in [3.05, 3.63) is 0 Å². The van der Waals surface area contributed by atoms with Gasteiger partial charge in [0, 0.05) is 19.0 Å². The SMILES string of the molecule is C1CCCNCC1.CC[C@@H](C)C(=O)N1CCCCCC1. The maximum Gasteiger partial charge on any atom is 0.225 e. The lowest BCUT2D eigenvalue weighted by molar-refractivity contribution is -0.135. The van der Waals surface area contributed by atoms with Crippen molar-refractivity contribution < 1.29 is 4.79 Å². The van der Waals surface area contributed by atoms with Gasteiger partial charge in [0.1, 0.15) is 0 Å². The third kappa shape index (κ3) is 7.28. The number of nitrogens with zero attached hydrogens (tertiary/aromatic N) is 1. The minimum Gasteiger partial charge on any atom is -0.342 e. The van der Waals surface area contributed by atoms with Gasteiger partial charge in [0.25, 0.3) is 0 Å². The molecule has 1 atom stereocenters. The predicted molar refractivity (Wildman–Crippen MR) is 85.8 cm³/mol. The van der Waals surface area contributed by atoms with Crippen LogP contribution in [0.1, 0.15) is 71.6 Å². The highest BCUT2D eigenvalue weighted by atomic mass is 16.2. The van der Waals surface area contributed by atoms with E-state index in [1.807, 2.05) is 6.92 Å². The van der Waals surface area contributed by atoms with Gasteiger partial charge in [-0.2, -0.15) is 0 Å². The molecule has 1 N–H and O–H groups in total. The molecule has 3 nitrogen and oxygen atoms in total. The summed E-state index contributed by atoms with van der Waals surface area (Å²) in [5, 5.41) is 3.35. The molecule has 0 aromatic rings. The van der Waals surface area contributed by atoms with Gasteiger partial charge in [-0.25, -0.2) is 0 Å². The van der Waals surface area contributed by atoms with Gasteiger partial charge < -0.3 is 10.2 Å². The van der Waals surface area contributed by atoms with Crippen LogP contribution in [0, 0.1) is 5.92 Å². The second-order valence-corrected chi connectivity index (χ2v) is 6.21. The Labute approximate surface area is 125 Å². The average Bonchev–Trinajstić information content (AvgIpc) is 2.93. The minimum atomic E-state index is 0.220. The van der Waals surface area contributed by atoms with Crippen molar-refractivity contribution in [1.82, 2.24) is 10.2 Å². The van der Waals surface area contributed by atoms with Crippen LogP contribution in [-0.2, 0) is 4.79 Å². The molecule has 2 heterocycles. The first-order chi connectivity index (χ1) is 9.75. The fourth-order valence-electron chi connectivity index (χ4n) is 2.76. The van der Waals surface area contributed by atoms with E-state index in [1.54, 1.807) is 0 Å². The molecule has 2 rings (SSSR count). The molecular formula is C17H34N2O. The number of hydrogen-bond acceptors (Lipinski definition) is 2. The highest BCUT2D eigenvalue weighted by Crippen LogP contribution is 2.13. The molecule has 0 spiro atoms. The number of nitrogens with one attached hydrogen (secondary N) is 1. The molecule has 3 heteroatoms. The number of amides is 1. The smallest absolute Gasteiger partial charge is 0.225 e. The molecule has 2 aliphatic heterocycles. The molecule has 0 radical (unpaired) electrons. The van der Waals surface area contributed by atoms with Gasteiger partial charge in [-0.15, -0.1) is 0 Å². The molecule has 2 aliphatic rings. The van der Waals surface area contributed by atoms with Crippen molar-refractivity contribution in [3.8, 4) is 0 Å². The highest BCUT2D eigenvalue weighted by Gasteiger charge is 2.19. The summed E-state index contributed by atoms with van der Waals surface area (Å²) in [4.78, 5) is 13.9. The lowest BCUT2D eigenvalue weighted by Crippen LogP contribution is -2.35. The average molecular weight is 282 g/mol. The molecule has 0 aromatic carbocycles. The Kier molecular flexibility index (Phi) is 9.73. The third-order valence-corrected chi connectivity index (χ3v) is 4.41. The highest BCUT2D eigenvalue weighted by molar-refractivity contribution is 5.78. The molecule has 1 amide bonds. The molecule has 118 valence electrons. The zero-order chi connectivity index (χ0) is 14.6. The van der Waals surface area contributed by atoms with Gasteiger partial charge >= 0.3 is 0 Å². The van der Waals surface area contributed by atoms with Crippen LogP contribution < -0.4 is 5.32 Å². The van der Waals surface area contributed by atoms with Crippen LogP contribution in [0.2, 0.25) is 0 Å². The zero-order valence-corrected chi connectivity index (χ0v) is 13.6. The van der Waals surface area contributed by atoms with Crippen molar-refractivity contribution in [2.75, 3.05) is 26.2 Å². The molecule has 20 heavy (non-hydrogen) atoms. The molecule has 0 bridgehead atoms. The predicted octanol–water partition coefficient (Wildman–Crippen LogP) is 3.59. The molecule has 0 aliphatic carbocycles. The molecule has 2 saturated heterocycles. The van der Waals surface area contributed by atoms with Crippen LogP contribution in [0.5, 0.6) is 0 Å². The van der Waals surface area contributed by atoms with Crippen LogP contribution in [0.25, 0.3) is 0 Å². The lowest BCUT2D eigenvalue weighted by Gasteiger charge is -2.23. The van der Waals surface area contributed by atoms with Gasteiger partial charge in [-0.1, -0.05) is 39.5 Å². The van der Waals surface area contributed by atoms with E-state index in [0.717, 1.165) is 19.5 Å². The molecule has 0 unspecified atom stereocenters. The number of carbonyl (C=O) groups is 1. The van der Waals surface area contributed by atoms with E-state index in [9.17, 15) is 4.79 Å². The number of carbonyl (C=O) groups excluding carboxylic acids is 1. The number of likely N-dealkylation sites (tertiary alicyclic amines) is 1. The summed E-state index contributed by atoms with van der Waals surface area (Å²) >= 11 is 0. The van der Waals surface area contributed by atoms with E-state index < -0.39 is 0 Å².